The smallest absolute Gasteiger partial charge is 0.323 e. The van der Waals surface area contributed by atoms with E-state index in [1.54, 1.807) is 0 Å². The number of rotatable bonds is 6. The molecule has 0 aliphatic heterocycles. The number of nitrogens with one attached hydrogen (secondary N) is 1. The van der Waals surface area contributed by atoms with Crippen LogP contribution in [0.3, 0.4) is 0 Å². The van der Waals surface area contributed by atoms with Crippen molar-refractivity contribution in [2.24, 2.45) is 0 Å². The van der Waals surface area contributed by atoms with Crippen LogP contribution in [0.2, 0.25) is 0 Å². The van der Waals surface area contributed by atoms with E-state index >= 15 is 0 Å². The molecule has 0 spiro atoms. The van der Waals surface area contributed by atoms with Gasteiger partial charge in [-0.15, -0.1) is 0 Å². The fourth-order valence-corrected chi connectivity index (χ4v) is 1.27. The summed E-state index contributed by atoms with van der Waals surface area (Å²) < 4.78 is 30.2. The summed E-state index contributed by atoms with van der Waals surface area (Å²) in [4.78, 5) is 10.8. The first-order valence-corrected chi connectivity index (χ1v) is 4.93. The molecule has 0 aliphatic rings. The Labute approximate surface area is 97.2 Å². The molecule has 1 aromatic carbocycles. The van der Waals surface area contributed by atoms with E-state index < -0.39 is 23.6 Å². The molecule has 0 amide bonds. The Kier molecular flexibility index (Phi) is 4.99. The number of hydrogen-bond acceptors (Lipinski definition) is 3. The summed E-state index contributed by atoms with van der Waals surface area (Å²) in [6, 6.07) is 2.52. The topological polar surface area (TPSA) is 58.6 Å². The van der Waals surface area contributed by atoms with Crippen molar-refractivity contribution in [1.82, 2.24) is 5.32 Å². The van der Waals surface area contributed by atoms with Crippen LogP contribution in [0.25, 0.3) is 0 Å². The summed E-state index contributed by atoms with van der Waals surface area (Å²) in [5.74, 6) is -2.95. The summed E-state index contributed by atoms with van der Waals surface area (Å²) in [5, 5.41) is 11.5. The van der Waals surface area contributed by atoms with E-state index in [1.165, 1.54) is 13.2 Å². The number of halogens is 2. The average Bonchev–Trinajstić information content (AvgIpc) is 2.28. The predicted molar refractivity (Wildman–Crippen MR) is 56.5 cm³/mol. The van der Waals surface area contributed by atoms with Crippen LogP contribution in [0.4, 0.5) is 8.78 Å². The Hall–Kier alpha value is -1.53. The van der Waals surface area contributed by atoms with E-state index in [0.717, 1.165) is 12.1 Å². The quantitative estimate of drug-likeness (QED) is 0.789. The van der Waals surface area contributed by atoms with E-state index in [4.69, 9.17) is 9.84 Å². The molecule has 0 radical (unpaired) electrons. The molecule has 1 unspecified atom stereocenters. The van der Waals surface area contributed by atoms with E-state index in [0.29, 0.717) is 5.56 Å². The number of carbonyl (C=O) groups is 1. The molecule has 0 fully saturated rings. The zero-order valence-corrected chi connectivity index (χ0v) is 9.24. The maximum atomic E-state index is 12.9. The molecule has 0 saturated heterocycles. The zero-order chi connectivity index (χ0) is 12.8. The van der Waals surface area contributed by atoms with Gasteiger partial charge >= 0.3 is 5.97 Å². The first kappa shape index (κ1) is 13.5. The fraction of sp³-hybridized carbons (Fsp3) is 0.364. The zero-order valence-electron chi connectivity index (χ0n) is 9.24. The van der Waals surface area contributed by atoms with Gasteiger partial charge in [0.25, 0.3) is 0 Å². The molecular formula is C11H13F2NO3. The Balaban J connectivity index is 2.59. The highest BCUT2D eigenvalue weighted by Crippen LogP contribution is 2.08. The average molecular weight is 245 g/mol. The number of carboxylic acids is 1. The van der Waals surface area contributed by atoms with Crippen LogP contribution in [0.1, 0.15) is 5.56 Å². The number of carboxylic acid groups (broad SMARTS) is 1. The lowest BCUT2D eigenvalue weighted by atomic mass is 10.2. The summed E-state index contributed by atoms with van der Waals surface area (Å²) in [5.41, 5.74) is 0.464. The van der Waals surface area contributed by atoms with Gasteiger partial charge in [-0.3, -0.25) is 10.1 Å². The van der Waals surface area contributed by atoms with Crippen LogP contribution in [0.15, 0.2) is 18.2 Å². The van der Waals surface area contributed by atoms with E-state index in [2.05, 4.69) is 5.32 Å². The molecule has 0 heterocycles. The van der Waals surface area contributed by atoms with Crippen LogP contribution < -0.4 is 5.32 Å². The van der Waals surface area contributed by atoms with E-state index in [1.807, 2.05) is 0 Å². The van der Waals surface area contributed by atoms with Gasteiger partial charge in [-0.05, 0) is 17.7 Å². The van der Waals surface area contributed by atoms with Crippen LogP contribution in [-0.2, 0) is 16.1 Å². The SMILES string of the molecule is COCC(NCc1ccc(F)c(F)c1)C(=O)O. The van der Waals surface area contributed by atoms with Crippen molar-refractivity contribution < 1.29 is 23.4 Å². The Morgan fingerprint density at radius 3 is 2.71 bits per heavy atom. The summed E-state index contributed by atoms with van der Waals surface area (Å²) >= 11 is 0. The van der Waals surface area contributed by atoms with Gasteiger partial charge < -0.3 is 9.84 Å². The Morgan fingerprint density at radius 1 is 1.47 bits per heavy atom. The molecule has 4 nitrogen and oxygen atoms in total. The molecule has 17 heavy (non-hydrogen) atoms. The molecule has 0 aliphatic carbocycles. The molecule has 1 atom stereocenters. The second-order valence-corrected chi connectivity index (χ2v) is 3.48. The molecule has 1 rings (SSSR count). The van der Waals surface area contributed by atoms with Crippen molar-refractivity contribution in [3.8, 4) is 0 Å². The van der Waals surface area contributed by atoms with E-state index in [-0.39, 0.29) is 13.2 Å². The molecule has 0 aromatic heterocycles. The van der Waals surface area contributed by atoms with Gasteiger partial charge in [0.1, 0.15) is 6.04 Å². The lowest BCUT2D eigenvalue weighted by Crippen LogP contribution is -2.39. The summed E-state index contributed by atoms with van der Waals surface area (Å²) in [6.45, 7) is 0.122. The van der Waals surface area contributed by atoms with Crippen LogP contribution in [0.5, 0.6) is 0 Å². The highest BCUT2D eigenvalue weighted by atomic mass is 19.2. The Bertz CT molecular complexity index is 398. The molecular weight excluding hydrogens is 232 g/mol. The first-order valence-electron chi connectivity index (χ1n) is 4.93. The van der Waals surface area contributed by atoms with Crippen LogP contribution in [0, 0.1) is 11.6 Å². The summed E-state index contributed by atoms with van der Waals surface area (Å²) in [6.07, 6.45) is 0. The van der Waals surface area contributed by atoms with E-state index in [9.17, 15) is 13.6 Å². The fourth-order valence-electron chi connectivity index (χ4n) is 1.27. The predicted octanol–water partition coefficient (Wildman–Crippen LogP) is 1.15. The van der Waals surface area contributed by atoms with Crippen molar-refractivity contribution in [1.29, 1.82) is 0 Å². The van der Waals surface area contributed by atoms with Crippen LogP contribution in [-0.4, -0.2) is 30.8 Å². The minimum atomic E-state index is -1.06. The second kappa shape index (κ2) is 6.27. The first-order chi connectivity index (χ1) is 8.04. The molecule has 0 saturated carbocycles. The van der Waals surface area contributed by atoms with Gasteiger partial charge in [-0.25, -0.2) is 8.78 Å². The largest absolute Gasteiger partial charge is 0.480 e. The maximum absolute atomic E-state index is 12.9. The lowest BCUT2D eigenvalue weighted by Gasteiger charge is -2.13. The van der Waals surface area contributed by atoms with Gasteiger partial charge in [-0.1, -0.05) is 6.07 Å². The monoisotopic (exact) mass is 245 g/mol. The van der Waals surface area contributed by atoms with Crippen molar-refractivity contribution >= 4 is 5.97 Å². The molecule has 0 bridgehead atoms. The number of benzene rings is 1. The molecule has 1 aromatic rings. The normalized spacial score (nSPS) is 12.4. The van der Waals surface area contributed by atoms with Crippen molar-refractivity contribution in [3.05, 3.63) is 35.4 Å². The van der Waals surface area contributed by atoms with Gasteiger partial charge in [0.05, 0.1) is 6.61 Å². The molecule has 6 heteroatoms. The second-order valence-electron chi connectivity index (χ2n) is 3.48. The minimum absolute atomic E-state index is 0.000982. The minimum Gasteiger partial charge on any atom is -0.480 e. The van der Waals surface area contributed by atoms with Gasteiger partial charge in [0.15, 0.2) is 11.6 Å². The lowest BCUT2D eigenvalue weighted by molar-refractivity contribution is -0.140. The Morgan fingerprint density at radius 2 is 2.18 bits per heavy atom. The van der Waals surface area contributed by atoms with Crippen molar-refractivity contribution in [2.45, 2.75) is 12.6 Å². The van der Waals surface area contributed by atoms with Gasteiger partial charge in [0.2, 0.25) is 0 Å². The number of aliphatic carboxylic acids is 1. The third-order valence-electron chi connectivity index (χ3n) is 2.17. The highest BCUT2D eigenvalue weighted by Gasteiger charge is 2.16. The van der Waals surface area contributed by atoms with Gasteiger partial charge in [-0.2, -0.15) is 0 Å². The molecule has 94 valence electrons. The number of ether oxygens (including phenoxy) is 1. The van der Waals surface area contributed by atoms with Gasteiger partial charge in [0, 0.05) is 13.7 Å². The third-order valence-corrected chi connectivity index (χ3v) is 2.17. The number of methoxy groups -OCH3 is 1. The maximum Gasteiger partial charge on any atom is 0.323 e. The van der Waals surface area contributed by atoms with Crippen molar-refractivity contribution in [3.63, 3.8) is 0 Å². The van der Waals surface area contributed by atoms with Crippen molar-refractivity contribution in [2.75, 3.05) is 13.7 Å². The molecule has 2 N–H and O–H groups in total. The van der Waals surface area contributed by atoms with Crippen LogP contribution >= 0.6 is 0 Å². The third kappa shape index (κ3) is 4.08. The standard InChI is InChI=1S/C11H13F2NO3/c1-17-6-10(11(15)16)14-5-7-2-3-8(12)9(13)4-7/h2-4,10,14H,5-6H2,1H3,(H,15,16). The number of hydrogen-bond donors (Lipinski definition) is 2. The summed E-state index contributed by atoms with van der Waals surface area (Å²) in [7, 11) is 1.38. The highest BCUT2D eigenvalue weighted by molar-refractivity contribution is 5.73.